The van der Waals surface area contributed by atoms with Gasteiger partial charge in [0.05, 0.1) is 0 Å². The molecule has 1 saturated carbocycles. The maximum Gasteiger partial charge on any atom is 0.433 e. The second-order valence-corrected chi connectivity index (χ2v) is 11.1. The van der Waals surface area contributed by atoms with Crippen molar-refractivity contribution in [1.29, 1.82) is 0 Å². The van der Waals surface area contributed by atoms with Crippen molar-refractivity contribution in [1.82, 2.24) is 10.2 Å². The van der Waals surface area contributed by atoms with Crippen molar-refractivity contribution >= 4 is 40.2 Å². The minimum absolute atomic E-state index is 0.0287. The van der Waals surface area contributed by atoms with Gasteiger partial charge < -0.3 is 15.0 Å². The lowest BCUT2D eigenvalue weighted by Gasteiger charge is -2.30. The first-order valence-corrected chi connectivity index (χ1v) is 14.3. The van der Waals surface area contributed by atoms with E-state index >= 15 is 0 Å². The molecule has 1 aliphatic carbocycles. The lowest BCUT2D eigenvalue weighted by atomic mass is 9.87. The van der Waals surface area contributed by atoms with E-state index in [1.807, 2.05) is 12.1 Å². The number of carbonyl (C=O) groups excluding carboxylic acids is 2. The van der Waals surface area contributed by atoms with E-state index in [0.717, 1.165) is 43.2 Å². The van der Waals surface area contributed by atoms with Gasteiger partial charge in [-0.25, -0.2) is 4.79 Å². The Morgan fingerprint density at radius 2 is 1.79 bits per heavy atom. The molecule has 1 N–H and O–H groups in total. The molecule has 3 unspecified atom stereocenters. The van der Waals surface area contributed by atoms with Gasteiger partial charge in [-0.2, -0.15) is 4.21 Å². The standard InChI is InChI=1S/C19H26O4S.C7H13N3O3S/c1-5-14-21-24(20)23-18-9-7-6-8-17(18)22-16-12-10-15(11-13-16)19(2,3)4;1-8-7(12)13-9-5(14-4)6(11)10(2)3/h1,10-13,17-18H,6-9,14H2,2-4H3;1-4H3,(H,8,12)/b;9-5+. The van der Waals surface area contributed by atoms with Crippen LogP contribution in [-0.2, 0) is 34.8 Å². The third kappa shape index (κ3) is 12.3. The van der Waals surface area contributed by atoms with Crippen molar-refractivity contribution < 1.29 is 31.7 Å². The van der Waals surface area contributed by atoms with Crippen LogP contribution >= 0.6 is 11.8 Å². The first-order chi connectivity index (χ1) is 17.9. The molecule has 1 aromatic rings. The Kier molecular flexibility index (Phi) is 15.0. The van der Waals surface area contributed by atoms with Crippen LogP contribution in [0.4, 0.5) is 4.79 Å². The Labute approximate surface area is 233 Å². The summed E-state index contributed by atoms with van der Waals surface area (Å²) < 4.78 is 28.2. The Balaban J connectivity index is 0.000000442. The fourth-order valence-corrected chi connectivity index (χ4v) is 4.32. The molecule has 0 radical (unpaired) electrons. The zero-order chi connectivity index (χ0) is 28.7. The van der Waals surface area contributed by atoms with Gasteiger partial charge in [0, 0.05) is 21.1 Å². The van der Waals surface area contributed by atoms with Crippen LogP contribution in [-0.4, -0.2) is 72.4 Å². The summed E-state index contributed by atoms with van der Waals surface area (Å²) in [5.74, 6) is 2.78. The summed E-state index contributed by atoms with van der Waals surface area (Å²) in [5, 5.41) is 5.74. The average Bonchev–Trinajstić information content (AvgIpc) is 2.88. The number of carbonyl (C=O) groups is 2. The molecule has 0 aromatic heterocycles. The molecule has 1 aliphatic rings. The first-order valence-electron chi connectivity index (χ1n) is 12.1. The summed E-state index contributed by atoms with van der Waals surface area (Å²) in [4.78, 5) is 27.7. The summed E-state index contributed by atoms with van der Waals surface area (Å²) in [6.45, 7) is 6.51. The van der Waals surface area contributed by atoms with Crippen LogP contribution in [0.3, 0.4) is 0 Å². The van der Waals surface area contributed by atoms with Crippen molar-refractivity contribution in [3.63, 3.8) is 0 Å². The zero-order valence-corrected chi connectivity index (χ0v) is 24.8. The van der Waals surface area contributed by atoms with Crippen molar-refractivity contribution in [3.05, 3.63) is 29.8 Å². The quantitative estimate of drug-likeness (QED) is 0.172. The summed E-state index contributed by atoms with van der Waals surface area (Å²) in [7, 11) is 4.59. The highest BCUT2D eigenvalue weighted by Gasteiger charge is 2.30. The van der Waals surface area contributed by atoms with Gasteiger partial charge in [-0.3, -0.25) is 18.0 Å². The number of hydrogen-bond donors (Lipinski definition) is 1. The molecule has 212 valence electrons. The normalized spacial score (nSPS) is 18.2. The Morgan fingerprint density at radius 3 is 2.29 bits per heavy atom. The van der Waals surface area contributed by atoms with Gasteiger partial charge in [-0.15, -0.1) is 18.2 Å². The second-order valence-electron chi connectivity index (χ2n) is 9.45. The summed E-state index contributed by atoms with van der Waals surface area (Å²) >= 11 is -0.721. The van der Waals surface area contributed by atoms with E-state index in [-0.39, 0.29) is 35.2 Å². The number of nitrogens with one attached hydrogen (secondary N) is 1. The number of benzene rings is 1. The molecular weight excluding hydrogens is 530 g/mol. The molecule has 12 heteroatoms. The predicted molar refractivity (Wildman–Crippen MR) is 151 cm³/mol. The first kappa shape index (κ1) is 33.4. The van der Waals surface area contributed by atoms with Gasteiger partial charge in [0.1, 0.15) is 24.6 Å². The van der Waals surface area contributed by atoms with Gasteiger partial charge >= 0.3 is 17.5 Å². The molecule has 1 aromatic carbocycles. The number of oxime groups is 1. The minimum atomic E-state index is -1.83. The van der Waals surface area contributed by atoms with E-state index in [0.29, 0.717) is 0 Å². The number of thioether (sulfide) groups is 1. The van der Waals surface area contributed by atoms with E-state index in [1.165, 1.54) is 17.5 Å². The van der Waals surface area contributed by atoms with Crippen LogP contribution < -0.4 is 10.1 Å². The second kappa shape index (κ2) is 17.1. The summed E-state index contributed by atoms with van der Waals surface area (Å²) in [6.07, 6.45) is 9.46. The summed E-state index contributed by atoms with van der Waals surface area (Å²) in [6, 6.07) is 8.14. The van der Waals surface area contributed by atoms with E-state index in [9.17, 15) is 13.8 Å². The zero-order valence-electron chi connectivity index (χ0n) is 23.1. The molecule has 3 atom stereocenters. The fourth-order valence-electron chi connectivity index (χ4n) is 3.21. The van der Waals surface area contributed by atoms with E-state index in [4.69, 9.17) is 19.5 Å². The maximum atomic E-state index is 11.7. The molecule has 0 saturated heterocycles. The smallest absolute Gasteiger partial charge is 0.433 e. The Morgan fingerprint density at radius 1 is 1.18 bits per heavy atom. The Bertz CT molecular complexity index is 986. The number of ether oxygens (including phenoxy) is 1. The number of nitrogens with zero attached hydrogens (tertiary/aromatic N) is 2. The highest BCUT2D eigenvalue weighted by molar-refractivity contribution is 8.15. The molecule has 1 fully saturated rings. The Hall–Kier alpha value is -2.59. The highest BCUT2D eigenvalue weighted by Crippen LogP contribution is 2.29. The SMILES string of the molecule is C#CCOS(=O)OC1CCCCC1Oc1ccc(C(C)(C)C)cc1.CNC(=O)O/N=C(/SC)C(=O)N(C)C. The summed E-state index contributed by atoms with van der Waals surface area (Å²) in [5.41, 5.74) is 1.37. The molecule has 10 nitrogen and oxygen atoms in total. The number of rotatable bonds is 7. The number of hydrogen-bond acceptors (Lipinski definition) is 9. The van der Waals surface area contributed by atoms with Crippen LogP contribution in [0.15, 0.2) is 29.4 Å². The van der Waals surface area contributed by atoms with Crippen molar-refractivity contribution in [2.45, 2.75) is 64.1 Å². The van der Waals surface area contributed by atoms with Crippen LogP contribution in [0.1, 0.15) is 52.0 Å². The molecule has 0 bridgehead atoms. The van der Waals surface area contributed by atoms with E-state index in [2.05, 4.69) is 54.1 Å². The molecule has 0 spiro atoms. The maximum absolute atomic E-state index is 11.7. The lowest BCUT2D eigenvalue weighted by molar-refractivity contribution is -0.121. The predicted octanol–water partition coefficient (Wildman–Crippen LogP) is 4.03. The highest BCUT2D eigenvalue weighted by atomic mass is 32.2. The van der Waals surface area contributed by atoms with Crippen molar-refractivity contribution in [2.75, 3.05) is 34.0 Å². The fraction of sp³-hybridized carbons (Fsp3) is 0.577. The average molecular weight is 570 g/mol. The largest absolute Gasteiger partial charge is 0.488 e. The molecule has 0 heterocycles. The number of amides is 2. The van der Waals surface area contributed by atoms with E-state index < -0.39 is 17.5 Å². The van der Waals surface area contributed by atoms with Crippen LogP contribution in [0.5, 0.6) is 5.75 Å². The molecule has 2 rings (SSSR count). The third-order valence-corrected chi connectivity index (χ3v) is 6.64. The van der Waals surface area contributed by atoms with Gasteiger partial charge in [0.25, 0.3) is 5.91 Å². The number of terminal acetylenes is 1. The molecule has 38 heavy (non-hydrogen) atoms. The molecule has 2 amide bonds. The van der Waals surface area contributed by atoms with Crippen LogP contribution in [0, 0.1) is 12.3 Å². The van der Waals surface area contributed by atoms with Gasteiger partial charge in [0.15, 0.2) is 0 Å². The van der Waals surface area contributed by atoms with Gasteiger partial charge in [-0.05, 0) is 48.6 Å². The molecule has 0 aliphatic heterocycles. The lowest BCUT2D eigenvalue weighted by Crippen LogP contribution is -2.37. The monoisotopic (exact) mass is 569 g/mol. The molecular formula is C26H39N3O7S2. The topological polar surface area (TPSA) is 116 Å². The minimum Gasteiger partial charge on any atom is -0.488 e. The van der Waals surface area contributed by atoms with Crippen molar-refractivity contribution in [2.24, 2.45) is 5.16 Å². The van der Waals surface area contributed by atoms with Crippen LogP contribution in [0.25, 0.3) is 0 Å². The van der Waals surface area contributed by atoms with E-state index in [1.54, 1.807) is 20.4 Å². The third-order valence-electron chi connectivity index (χ3n) is 5.29. The van der Waals surface area contributed by atoms with Gasteiger partial charge in [-0.1, -0.05) is 50.4 Å². The van der Waals surface area contributed by atoms with Crippen molar-refractivity contribution in [3.8, 4) is 18.1 Å². The van der Waals surface area contributed by atoms with Crippen LogP contribution in [0.2, 0.25) is 0 Å². The van der Waals surface area contributed by atoms with Gasteiger partial charge in [0.2, 0.25) is 5.04 Å².